The maximum atomic E-state index is 11.3. The van der Waals surface area contributed by atoms with Gasteiger partial charge < -0.3 is 4.90 Å². The molecule has 1 N–H and O–H groups in total. The van der Waals surface area contributed by atoms with Gasteiger partial charge >= 0.3 is 6.03 Å². The molecule has 1 saturated heterocycles. The first-order valence-electron chi connectivity index (χ1n) is 5.20. The summed E-state index contributed by atoms with van der Waals surface area (Å²) >= 11 is 0. The first kappa shape index (κ1) is 10.7. The van der Waals surface area contributed by atoms with Crippen LogP contribution in [0.5, 0.6) is 0 Å². The predicted molar refractivity (Wildman–Crippen MR) is 56.5 cm³/mol. The van der Waals surface area contributed by atoms with Crippen molar-refractivity contribution in [3.05, 3.63) is 17.5 Å². The minimum absolute atomic E-state index is 0.130. The van der Waals surface area contributed by atoms with Crippen molar-refractivity contribution >= 4 is 11.9 Å². The average Bonchev–Trinajstić information content (AvgIpc) is 2.72. The van der Waals surface area contributed by atoms with Gasteiger partial charge in [-0.1, -0.05) is 6.92 Å². The van der Waals surface area contributed by atoms with Crippen molar-refractivity contribution < 1.29 is 9.59 Å². The van der Waals surface area contributed by atoms with Crippen LogP contribution >= 0.6 is 0 Å². The second-order valence-corrected chi connectivity index (χ2v) is 3.81. The van der Waals surface area contributed by atoms with Gasteiger partial charge in [0.2, 0.25) is 5.91 Å². The van der Waals surface area contributed by atoms with E-state index in [1.54, 1.807) is 4.68 Å². The Bertz CT molecular complexity index is 438. The number of rotatable bonds is 3. The summed E-state index contributed by atoms with van der Waals surface area (Å²) in [5.74, 6) is -0.247. The fraction of sp³-hybridized carbons (Fsp3) is 0.500. The first-order chi connectivity index (χ1) is 7.60. The number of carbonyl (C=O) groups excluding carboxylic acids is 2. The molecule has 1 aromatic rings. The topological polar surface area (TPSA) is 67.2 Å². The van der Waals surface area contributed by atoms with E-state index in [1.165, 1.54) is 4.90 Å². The van der Waals surface area contributed by atoms with Crippen molar-refractivity contribution in [3.63, 3.8) is 0 Å². The minimum atomic E-state index is -0.329. The fourth-order valence-corrected chi connectivity index (χ4v) is 1.70. The van der Waals surface area contributed by atoms with Crippen LogP contribution in [0.2, 0.25) is 0 Å². The quantitative estimate of drug-likeness (QED) is 0.734. The summed E-state index contributed by atoms with van der Waals surface area (Å²) < 4.78 is 1.74. The van der Waals surface area contributed by atoms with Crippen LogP contribution in [-0.4, -0.2) is 33.2 Å². The van der Waals surface area contributed by atoms with Crippen LogP contribution in [0.15, 0.2) is 6.07 Å². The summed E-state index contributed by atoms with van der Waals surface area (Å²) in [4.78, 5) is 23.8. The third-order valence-corrected chi connectivity index (χ3v) is 2.61. The van der Waals surface area contributed by atoms with Gasteiger partial charge in [-0.25, -0.2) is 4.79 Å². The van der Waals surface area contributed by atoms with Gasteiger partial charge in [-0.05, 0) is 12.5 Å². The number of aryl methyl sites for hydroxylation is 2. The molecule has 0 radical (unpaired) electrons. The molecule has 1 aromatic heterocycles. The van der Waals surface area contributed by atoms with Gasteiger partial charge in [-0.3, -0.25) is 14.8 Å². The zero-order chi connectivity index (χ0) is 11.7. The van der Waals surface area contributed by atoms with Crippen LogP contribution in [0.3, 0.4) is 0 Å². The number of nitrogens with zero attached hydrogens (tertiary/aromatic N) is 3. The summed E-state index contributed by atoms with van der Waals surface area (Å²) in [7, 11) is 1.84. The molecular weight excluding hydrogens is 208 g/mol. The second-order valence-electron chi connectivity index (χ2n) is 3.81. The van der Waals surface area contributed by atoms with Gasteiger partial charge in [0.25, 0.3) is 0 Å². The van der Waals surface area contributed by atoms with Gasteiger partial charge in [0.1, 0.15) is 6.54 Å². The average molecular weight is 222 g/mol. The number of urea groups is 1. The molecule has 0 saturated carbocycles. The number of aromatic nitrogens is 2. The zero-order valence-electron chi connectivity index (χ0n) is 9.36. The molecule has 0 unspecified atom stereocenters. The van der Waals surface area contributed by atoms with E-state index in [2.05, 4.69) is 10.4 Å². The number of hydrogen-bond acceptors (Lipinski definition) is 3. The molecule has 1 fully saturated rings. The van der Waals surface area contributed by atoms with E-state index in [4.69, 9.17) is 0 Å². The van der Waals surface area contributed by atoms with Crippen LogP contribution in [0.1, 0.15) is 18.3 Å². The molecule has 0 spiro atoms. The van der Waals surface area contributed by atoms with Crippen molar-refractivity contribution in [2.24, 2.45) is 7.05 Å². The Morgan fingerprint density at radius 2 is 2.25 bits per heavy atom. The lowest BCUT2D eigenvalue weighted by molar-refractivity contribution is -0.118. The third-order valence-electron chi connectivity index (χ3n) is 2.61. The monoisotopic (exact) mass is 222 g/mol. The standard InChI is InChI=1S/C10H14N4O2/c1-3-7-4-8(13(2)12-7)5-14-6-9(15)11-10(14)16/h4H,3,5-6H2,1-2H3,(H,11,15,16). The summed E-state index contributed by atoms with van der Waals surface area (Å²) in [5, 5.41) is 6.53. The van der Waals surface area contributed by atoms with Gasteiger partial charge in [0.15, 0.2) is 0 Å². The van der Waals surface area contributed by atoms with Crippen LogP contribution in [0.4, 0.5) is 4.79 Å². The molecular formula is C10H14N4O2. The molecule has 0 atom stereocenters. The van der Waals surface area contributed by atoms with E-state index in [-0.39, 0.29) is 18.5 Å². The van der Waals surface area contributed by atoms with Gasteiger partial charge in [-0.15, -0.1) is 0 Å². The zero-order valence-corrected chi connectivity index (χ0v) is 9.36. The van der Waals surface area contributed by atoms with Gasteiger partial charge in [-0.2, -0.15) is 5.10 Å². The SMILES string of the molecule is CCc1cc(CN2CC(=O)NC2=O)n(C)n1. The van der Waals surface area contributed by atoms with E-state index >= 15 is 0 Å². The molecule has 1 aliphatic heterocycles. The fourth-order valence-electron chi connectivity index (χ4n) is 1.70. The van der Waals surface area contributed by atoms with Crippen molar-refractivity contribution in [1.82, 2.24) is 20.0 Å². The van der Waals surface area contributed by atoms with E-state index in [9.17, 15) is 9.59 Å². The molecule has 0 aromatic carbocycles. The van der Waals surface area contributed by atoms with Gasteiger partial charge in [0.05, 0.1) is 17.9 Å². The lowest BCUT2D eigenvalue weighted by Crippen LogP contribution is -2.28. The molecule has 2 heterocycles. The van der Waals surface area contributed by atoms with Gasteiger partial charge in [0, 0.05) is 7.05 Å². The van der Waals surface area contributed by atoms with Crippen molar-refractivity contribution in [2.75, 3.05) is 6.54 Å². The van der Waals surface area contributed by atoms with Crippen molar-refractivity contribution in [3.8, 4) is 0 Å². The highest BCUT2D eigenvalue weighted by Gasteiger charge is 2.27. The Labute approximate surface area is 93.2 Å². The number of nitrogens with one attached hydrogen (secondary N) is 1. The summed E-state index contributed by atoms with van der Waals surface area (Å²) in [6, 6.07) is 1.63. The van der Waals surface area contributed by atoms with Crippen molar-refractivity contribution in [1.29, 1.82) is 0 Å². The van der Waals surface area contributed by atoms with E-state index in [0.717, 1.165) is 17.8 Å². The largest absolute Gasteiger partial charge is 0.324 e. The highest BCUT2D eigenvalue weighted by Crippen LogP contribution is 2.09. The van der Waals surface area contributed by atoms with E-state index < -0.39 is 0 Å². The Hall–Kier alpha value is -1.85. The molecule has 0 bridgehead atoms. The molecule has 86 valence electrons. The summed E-state index contributed by atoms with van der Waals surface area (Å²) in [6.45, 7) is 2.57. The first-order valence-corrected chi connectivity index (χ1v) is 5.20. The Morgan fingerprint density at radius 3 is 2.75 bits per heavy atom. The Balaban J connectivity index is 2.11. The number of carbonyl (C=O) groups is 2. The Kier molecular flexibility index (Phi) is 2.64. The maximum absolute atomic E-state index is 11.3. The normalized spacial score (nSPS) is 15.8. The molecule has 6 heteroatoms. The summed E-state index contributed by atoms with van der Waals surface area (Å²) in [6.07, 6.45) is 0.860. The smallest absolute Gasteiger partial charge is 0.309 e. The van der Waals surface area contributed by atoms with E-state index in [1.807, 2.05) is 20.0 Å². The molecule has 1 aliphatic rings. The molecule has 2 rings (SSSR count). The molecule has 6 nitrogen and oxygen atoms in total. The third kappa shape index (κ3) is 1.91. The summed E-state index contributed by atoms with van der Waals surface area (Å²) in [5.41, 5.74) is 1.92. The Morgan fingerprint density at radius 1 is 1.50 bits per heavy atom. The van der Waals surface area contributed by atoms with Crippen LogP contribution in [0, 0.1) is 0 Å². The molecule has 3 amide bonds. The number of hydrogen-bond donors (Lipinski definition) is 1. The number of amides is 3. The predicted octanol–water partition coefficient (Wildman–Crippen LogP) is 0.0343. The lowest BCUT2D eigenvalue weighted by Gasteiger charge is -2.12. The molecule has 0 aliphatic carbocycles. The van der Waals surface area contributed by atoms with Crippen LogP contribution in [-0.2, 0) is 24.8 Å². The van der Waals surface area contributed by atoms with Crippen molar-refractivity contribution in [2.45, 2.75) is 19.9 Å². The molecule has 16 heavy (non-hydrogen) atoms. The maximum Gasteiger partial charge on any atom is 0.324 e. The highest BCUT2D eigenvalue weighted by atomic mass is 16.2. The highest BCUT2D eigenvalue weighted by molar-refractivity contribution is 6.01. The van der Waals surface area contributed by atoms with Crippen LogP contribution < -0.4 is 5.32 Å². The van der Waals surface area contributed by atoms with E-state index in [0.29, 0.717) is 6.54 Å². The number of imide groups is 1. The second kappa shape index (κ2) is 3.96. The minimum Gasteiger partial charge on any atom is -0.309 e. The lowest BCUT2D eigenvalue weighted by atomic mass is 10.3. The van der Waals surface area contributed by atoms with Crippen LogP contribution in [0.25, 0.3) is 0 Å².